The first-order chi connectivity index (χ1) is 13.4. The molecule has 0 aliphatic carbocycles. The van der Waals surface area contributed by atoms with Gasteiger partial charge in [-0.05, 0) is 42.3 Å². The number of hydrogen-bond donors (Lipinski definition) is 4. The van der Waals surface area contributed by atoms with Gasteiger partial charge in [0.05, 0.1) is 0 Å². The van der Waals surface area contributed by atoms with Gasteiger partial charge in [0, 0.05) is 31.9 Å². The highest BCUT2D eigenvalue weighted by Gasteiger charge is 2.33. The van der Waals surface area contributed by atoms with Crippen LogP contribution in [0, 0.1) is 0 Å². The normalized spacial score (nSPS) is 11.3. The van der Waals surface area contributed by atoms with E-state index in [-0.39, 0.29) is 0 Å². The molecular formula is C20H24N4O4. The predicted molar refractivity (Wildman–Crippen MR) is 106 cm³/mol. The molecule has 28 heavy (non-hydrogen) atoms. The molecule has 0 spiro atoms. The molecule has 0 aliphatic rings. The minimum Gasteiger partial charge on any atom is -0.385 e. The van der Waals surface area contributed by atoms with Gasteiger partial charge < -0.3 is 15.5 Å². The van der Waals surface area contributed by atoms with Gasteiger partial charge in [-0.3, -0.25) is 19.6 Å². The van der Waals surface area contributed by atoms with Gasteiger partial charge in [-0.2, -0.15) is 0 Å². The maximum absolute atomic E-state index is 12.7. The van der Waals surface area contributed by atoms with Gasteiger partial charge >= 0.3 is 0 Å². The molecule has 0 fully saturated rings. The molecule has 1 unspecified atom stereocenters. The van der Waals surface area contributed by atoms with Crippen molar-refractivity contribution in [3.05, 3.63) is 54.1 Å². The summed E-state index contributed by atoms with van der Waals surface area (Å²) in [5, 5.41) is 14.4. The van der Waals surface area contributed by atoms with E-state index in [1.165, 1.54) is 19.6 Å². The van der Waals surface area contributed by atoms with Crippen molar-refractivity contribution < 1.29 is 19.6 Å². The maximum atomic E-state index is 12.7. The minimum atomic E-state index is -1.49. The van der Waals surface area contributed by atoms with Gasteiger partial charge in [0.25, 0.3) is 17.7 Å². The van der Waals surface area contributed by atoms with Crippen LogP contribution in [0.15, 0.2) is 48.5 Å². The van der Waals surface area contributed by atoms with E-state index in [0.717, 1.165) is 28.3 Å². The standard InChI is InChI=1S/C20H24N4O4/c1-4-22-16-11-9-14(10-12-16)13-5-7-15(8-6-13)20(27)24(3)17(18(25)21-2)19(26)23-28/h5-12,17,22,28H,4H2,1-3H3,(H,21,25)(H,23,26). The Morgan fingerprint density at radius 3 is 1.96 bits per heavy atom. The van der Waals surface area contributed by atoms with Crippen molar-refractivity contribution in [2.75, 3.05) is 26.0 Å². The molecule has 2 aromatic carbocycles. The van der Waals surface area contributed by atoms with E-state index in [9.17, 15) is 14.4 Å². The van der Waals surface area contributed by atoms with Crippen molar-refractivity contribution in [3.8, 4) is 11.1 Å². The SMILES string of the molecule is CCNc1ccc(-c2ccc(C(=O)N(C)C(C(=O)NC)C(=O)NO)cc2)cc1. The number of hydrogen-bond acceptors (Lipinski definition) is 5. The lowest BCUT2D eigenvalue weighted by molar-refractivity contribution is -0.140. The van der Waals surface area contributed by atoms with Gasteiger partial charge in [-0.1, -0.05) is 24.3 Å². The molecule has 1 atom stereocenters. The molecule has 8 nitrogen and oxygen atoms in total. The number of amides is 3. The van der Waals surface area contributed by atoms with Crippen LogP contribution in [0.25, 0.3) is 11.1 Å². The number of rotatable bonds is 7. The Balaban J connectivity index is 2.20. The highest BCUT2D eigenvalue weighted by Crippen LogP contribution is 2.22. The molecule has 0 saturated heterocycles. The lowest BCUT2D eigenvalue weighted by Crippen LogP contribution is -2.54. The fourth-order valence-corrected chi connectivity index (χ4v) is 2.78. The molecule has 148 valence electrons. The number of carbonyl (C=O) groups excluding carboxylic acids is 3. The molecule has 0 aliphatic heterocycles. The Morgan fingerprint density at radius 2 is 1.50 bits per heavy atom. The molecule has 0 bridgehead atoms. The van der Waals surface area contributed by atoms with E-state index in [1.54, 1.807) is 24.3 Å². The Kier molecular flexibility index (Phi) is 7.11. The molecule has 0 radical (unpaired) electrons. The monoisotopic (exact) mass is 384 g/mol. The Morgan fingerprint density at radius 1 is 0.964 bits per heavy atom. The maximum Gasteiger partial charge on any atom is 0.275 e. The quantitative estimate of drug-likeness (QED) is 0.328. The van der Waals surface area contributed by atoms with Gasteiger partial charge in [-0.25, -0.2) is 5.48 Å². The zero-order chi connectivity index (χ0) is 20.7. The zero-order valence-electron chi connectivity index (χ0n) is 16.0. The van der Waals surface area contributed by atoms with Gasteiger partial charge in [0.2, 0.25) is 0 Å². The van der Waals surface area contributed by atoms with E-state index < -0.39 is 23.8 Å². The van der Waals surface area contributed by atoms with E-state index in [2.05, 4.69) is 10.6 Å². The van der Waals surface area contributed by atoms with Crippen LogP contribution in [0.5, 0.6) is 0 Å². The molecule has 3 amide bonds. The summed E-state index contributed by atoms with van der Waals surface area (Å²) < 4.78 is 0. The Labute approximate surface area is 163 Å². The van der Waals surface area contributed by atoms with Crippen molar-refractivity contribution in [2.24, 2.45) is 0 Å². The van der Waals surface area contributed by atoms with Crippen molar-refractivity contribution in [3.63, 3.8) is 0 Å². The summed E-state index contributed by atoms with van der Waals surface area (Å²) in [6.07, 6.45) is 0. The fourth-order valence-electron chi connectivity index (χ4n) is 2.78. The fraction of sp³-hybridized carbons (Fsp3) is 0.250. The first-order valence-electron chi connectivity index (χ1n) is 8.80. The van der Waals surface area contributed by atoms with Crippen LogP contribution in [-0.4, -0.2) is 54.5 Å². The van der Waals surface area contributed by atoms with Crippen molar-refractivity contribution >= 4 is 23.4 Å². The molecule has 0 aromatic heterocycles. The average molecular weight is 384 g/mol. The van der Waals surface area contributed by atoms with Crippen LogP contribution < -0.4 is 16.1 Å². The van der Waals surface area contributed by atoms with Crippen molar-refractivity contribution in [1.82, 2.24) is 15.7 Å². The number of hydroxylamine groups is 1. The van der Waals surface area contributed by atoms with Crippen LogP contribution in [0.1, 0.15) is 17.3 Å². The number of anilines is 1. The second-order valence-electron chi connectivity index (χ2n) is 6.09. The predicted octanol–water partition coefficient (Wildman–Crippen LogP) is 1.48. The molecule has 0 saturated carbocycles. The lowest BCUT2D eigenvalue weighted by Gasteiger charge is -2.25. The third-order valence-electron chi connectivity index (χ3n) is 4.29. The molecule has 4 N–H and O–H groups in total. The number of benzene rings is 2. The summed E-state index contributed by atoms with van der Waals surface area (Å²) >= 11 is 0. The zero-order valence-corrected chi connectivity index (χ0v) is 16.0. The molecular weight excluding hydrogens is 360 g/mol. The Bertz CT molecular complexity index is 818. The second-order valence-corrected chi connectivity index (χ2v) is 6.09. The summed E-state index contributed by atoms with van der Waals surface area (Å²) in [4.78, 5) is 37.3. The molecule has 2 rings (SSSR count). The summed E-state index contributed by atoms with van der Waals surface area (Å²) in [6.45, 7) is 2.87. The number of likely N-dealkylation sites (N-methyl/N-ethyl adjacent to an activating group) is 2. The van der Waals surface area contributed by atoms with E-state index in [0.29, 0.717) is 5.56 Å². The summed E-state index contributed by atoms with van der Waals surface area (Å²) in [7, 11) is 2.67. The van der Waals surface area contributed by atoms with Crippen molar-refractivity contribution in [2.45, 2.75) is 13.0 Å². The first-order valence-corrected chi connectivity index (χ1v) is 8.80. The summed E-state index contributed by atoms with van der Waals surface area (Å²) in [5.41, 5.74) is 4.68. The van der Waals surface area contributed by atoms with Crippen LogP contribution in [0.2, 0.25) is 0 Å². The highest BCUT2D eigenvalue weighted by molar-refractivity contribution is 6.08. The van der Waals surface area contributed by atoms with Crippen molar-refractivity contribution in [1.29, 1.82) is 0 Å². The first kappa shape index (κ1) is 20.9. The van der Waals surface area contributed by atoms with Gasteiger partial charge in [-0.15, -0.1) is 0 Å². The summed E-state index contributed by atoms with van der Waals surface area (Å²) in [6, 6.07) is 13.3. The minimum absolute atomic E-state index is 0.315. The lowest BCUT2D eigenvalue weighted by atomic mass is 10.0. The highest BCUT2D eigenvalue weighted by atomic mass is 16.5. The Hall–Kier alpha value is -3.39. The molecule has 0 heterocycles. The van der Waals surface area contributed by atoms with Crippen LogP contribution >= 0.6 is 0 Å². The van der Waals surface area contributed by atoms with E-state index in [4.69, 9.17) is 5.21 Å². The topological polar surface area (TPSA) is 111 Å². The number of carbonyl (C=O) groups is 3. The van der Waals surface area contributed by atoms with Gasteiger partial charge in [0.15, 0.2) is 6.04 Å². The third kappa shape index (κ3) is 4.66. The molecule has 2 aromatic rings. The number of nitrogens with one attached hydrogen (secondary N) is 3. The largest absolute Gasteiger partial charge is 0.385 e. The van der Waals surface area contributed by atoms with Crippen LogP contribution in [0.4, 0.5) is 5.69 Å². The third-order valence-corrected chi connectivity index (χ3v) is 4.29. The van der Waals surface area contributed by atoms with Gasteiger partial charge in [0.1, 0.15) is 0 Å². The van der Waals surface area contributed by atoms with Crippen LogP contribution in [-0.2, 0) is 9.59 Å². The average Bonchev–Trinajstić information content (AvgIpc) is 2.73. The smallest absolute Gasteiger partial charge is 0.275 e. The second kappa shape index (κ2) is 9.52. The molecule has 8 heteroatoms. The summed E-state index contributed by atoms with van der Waals surface area (Å²) in [5.74, 6) is -2.22. The number of nitrogens with zero attached hydrogens (tertiary/aromatic N) is 1. The van der Waals surface area contributed by atoms with Crippen LogP contribution in [0.3, 0.4) is 0 Å². The van der Waals surface area contributed by atoms with E-state index >= 15 is 0 Å². The van der Waals surface area contributed by atoms with E-state index in [1.807, 2.05) is 31.2 Å².